The zero-order chi connectivity index (χ0) is 19.9. The highest BCUT2D eigenvalue weighted by atomic mass is 32.2. The largest absolute Gasteiger partial charge is 0.309 e. The Labute approximate surface area is 162 Å². The molecule has 1 amide bonds. The van der Waals surface area contributed by atoms with Gasteiger partial charge in [0, 0.05) is 24.3 Å². The quantitative estimate of drug-likeness (QED) is 0.657. The molecule has 146 valence electrons. The van der Waals surface area contributed by atoms with Gasteiger partial charge in [0.15, 0.2) is 0 Å². The summed E-state index contributed by atoms with van der Waals surface area (Å²) in [4.78, 5) is 14.7. The Morgan fingerprint density at radius 3 is 2.44 bits per heavy atom. The van der Waals surface area contributed by atoms with Gasteiger partial charge in [-0.25, -0.2) is 13.1 Å². The van der Waals surface area contributed by atoms with E-state index in [1.54, 1.807) is 17.0 Å². The fourth-order valence-electron chi connectivity index (χ4n) is 2.86. The molecule has 0 aliphatic carbocycles. The summed E-state index contributed by atoms with van der Waals surface area (Å²) in [5.41, 5.74) is 2.22. The summed E-state index contributed by atoms with van der Waals surface area (Å²) in [5, 5.41) is 0. The fourth-order valence-corrected chi connectivity index (χ4v) is 3.98. The summed E-state index contributed by atoms with van der Waals surface area (Å²) >= 11 is 0. The van der Waals surface area contributed by atoms with Gasteiger partial charge in [0.1, 0.15) is 0 Å². The van der Waals surface area contributed by atoms with E-state index in [0.717, 1.165) is 30.5 Å². The molecule has 2 rings (SSSR count). The zero-order valence-electron chi connectivity index (χ0n) is 16.2. The fraction of sp³-hybridized carbons (Fsp3) is 0.381. The summed E-state index contributed by atoms with van der Waals surface area (Å²) in [5.74, 6) is -0.217. The van der Waals surface area contributed by atoms with Crippen molar-refractivity contribution in [2.24, 2.45) is 0 Å². The minimum Gasteiger partial charge on any atom is -0.309 e. The van der Waals surface area contributed by atoms with E-state index < -0.39 is 10.0 Å². The number of carbonyl (C=O) groups excluding carboxylic acids is 1. The third kappa shape index (κ3) is 5.65. The predicted molar refractivity (Wildman–Crippen MR) is 110 cm³/mol. The molecule has 2 aromatic rings. The minimum absolute atomic E-state index is 0.116. The van der Waals surface area contributed by atoms with Crippen LogP contribution in [0.1, 0.15) is 49.0 Å². The van der Waals surface area contributed by atoms with Crippen LogP contribution in [0.25, 0.3) is 0 Å². The van der Waals surface area contributed by atoms with Gasteiger partial charge in [0.2, 0.25) is 10.0 Å². The number of rotatable bonds is 9. The van der Waals surface area contributed by atoms with Gasteiger partial charge in [-0.1, -0.05) is 38.0 Å². The molecule has 5 nitrogen and oxygen atoms in total. The molecule has 27 heavy (non-hydrogen) atoms. The molecule has 0 atom stereocenters. The average Bonchev–Trinajstić information content (AvgIpc) is 2.66. The number of nitrogens with one attached hydrogen (secondary N) is 1. The number of aryl methyl sites for hydroxylation is 1. The lowest BCUT2D eigenvalue weighted by Crippen LogP contribution is -2.31. The summed E-state index contributed by atoms with van der Waals surface area (Å²) < 4.78 is 27.6. The number of anilines is 1. The molecule has 0 radical (unpaired) electrons. The van der Waals surface area contributed by atoms with Crippen LogP contribution in [0.15, 0.2) is 53.4 Å². The van der Waals surface area contributed by atoms with Crippen LogP contribution < -0.4 is 9.62 Å². The lowest BCUT2D eigenvalue weighted by molar-refractivity contribution is 0.0988. The highest BCUT2D eigenvalue weighted by Gasteiger charge is 2.20. The van der Waals surface area contributed by atoms with Gasteiger partial charge in [0.25, 0.3) is 5.91 Å². The second kappa shape index (κ2) is 9.67. The van der Waals surface area contributed by atoms with E-state index in [1.165, 1.54) is 12.1 Å². The van der Waals surface area contributed by atoms with Gasteiger partial charge < -0.3 is 4.90 Å². The van der Waals surface area contributed by atoms with Gasteiger partial charge in [-0.05, 0) is 56.2 Å². The minimum atomic E-state index is -3.62. The SMILES string of the molecule is CCCCCNS(=O)(=O)c1cccc(C(=O)N(CC)c2cccc(C)c2)c1. The summed E-state index contributed by atoms with van der Waals surface area (Å²) in [7, 11) is -3.62. The van der Waals surface area contributed by atoms with Gasteiger partial charge in [0.05, 0.1) is 4.90 Å². The summed E-state index contributed by atoms with van der Waals surface area (Å²) in [6, 6.07) is 13.9. The Morgan fingerprint density at radius 2 is 1.78 bits per heavy atom. The van der Waals surface area contributed by atoms with Crippen LogP contribution >= 0.6 is 0 Å². The molecule has 0 saturated heterocycles. The topological polar surface area (TPSA) is 66.5 Å². The number of carbonyl (C=O) groups is 1. The molecule has 2 aromatic carbocycles. The maximum atomic E-state index is 13.0. The second-order valence-corrected chi connectivity index (χ2v) is 8.29. The number of amides is 1. The van der Waals surface area contributed by atoms with Crippen molar-refractivity contribution in [2.45, 2.75) is 44.9 Å². The van der Waals surface area contributed by atoms with Gasteiger partial charge >= 0.3 is 0 Å². The number of nitrogens with zero attached hydrogens (tertiary/aromatic N) is 1. The molecule has 6 heteroatoms. The van der Waals surface area contributed by atoms with E-state index in [1.807, 2.05) is 38.1 Å². The van der Waals surface area contributed by atoms with Crippen LogP contribution in [0.5, 0.6) is 0 Å². The highest BCUT2D eigenvalue weighted by Crippen LogP contribution is 2.20. The maximum absolute atomic E-state index is 13.0. The predicted octanol–water partition coefficient (Wildman–Crippen LogP) is 4.13. The van der Waals surface area contributed by atoms with Crippen LogP contribution in [0.4, 0.5) is 5.69 Å². The Balaban J connectivity index is 2.23. The number of hydrogen-bond donors (Lipinski definition) is 1. The molecule has 0 spiro atoms. The Bertz CT molecular complexity index is 879. The summed E-state index contributed by atoms with van der Waals surface area (Å²) in [6.07, 6.45) is 2.80. The molecule has 1 N–H and O–H groups in total. The van der Waals surface area contributed by atoms with Crippen LogP contribution in [0, 0.1) is 6.92 Å². The van der Waals surface area contributed by atoms with Crippen molar-refractivity contribution in [1.29, 1.82) is 0 Å². The standard InChI is InChI=1S/C21H28N2O3S/c1-4-6-7-14-22-27(25,26)20-13-9-11-18(16-20)21(24)23(5-2)19-12-8-10-17(3)15-19/h8-13,15-16,22H,4-7,14H2,1-3H3. The first kappa shape index (κ1) is 21.1. The first-order chi connectivity index (χ1) is 12.9. The number of sulfonamides is 1. The number of hydrogen-bond acceptors (Lipinski definition) is 3. The highest BCUT2D eigenvalue weighted by molar-refractivity contribution is 7.89. The molecule has 0 aliphatic rings. The molecule has 0 aliphatic heterocycles. The van der Waals surface area contributed by atoms with Crippen molar-refractivity contribution in [1.82, 2.24) is 4.72 Å². The smallest absolute Gasteiger partial charge is 0.258 e. The molecule has 0 unspecified atom stereocenters. The van der Waals surface area contributed by atoms with Crippen LogP contribution in [-0.4, -0.2) is 27.4 Å². The van der Waals surface area contributed by atoms with Crippen LogP contribution in [-0.2, 0) is 10.0 Å². The molecule has 0 aromatic heterocycles. The third-order valence-electron chi connectivity index (χ3n) is 4.34. The normalized spacial score (nSPS) is 11.4. The Morgan fingerprint density at radius 1 is 1.04 bits per heavy atom. The van der Waals surface area contributed by atoms with Gasteiger partial charge in [-0.15, -0.1) is 0 Å². The monoisotopic (exact) mass is 388 g/mol. The van der Waals surface area contributed by atoms with E-state index in [4.69, 9.17) is 0 Å². The first-order valence-electron chi connectivity index (χ1n) is 9.37. The average molecular weight is 389 g/mol. The van der Waals surface area contributed by atoms with E-state index in [-0.39, 0.29) is 10.8 Å². The first-order valence-corrected chi connectivity index (χ1v) is 10.9. The van der Waals surface area contributed by atoms with E-state index in [2.05, 4.69) is 11.6 Å². The second-order valence-electron chi connectivity index (χ2n) is 6.52. The molecular formula is C21H28N2O3S. The lowest BCUT2D eigenvalue weighted by atomic mass is 10.1. The van der Waals surface area contributed by atoms with E-state index in [0.29, 0.717) is 18.7 Å². The Hall–Kier alpha value is -2.18. The van der Waals surface area contributed by atoms with Crippen LogP contribution in [0.3, 0.4) is 0 Å². The molecule has 0 heterocycles. The van der Waals surface area contributed by atoms with Gasteiger partial charge in [-0.3, -0.25) is 4.79 Å². The molecular weight excluding hydrogens is 360 g/mol. The van der Waals surface area contributed by atoms with E-state index >= 15 is 0 Å². The van der Waals surface area contributed by atoms with Crippen molar-refractivity contribution in [2.75, 3.05) is 18.0 Å². The zero-order valence-corrected chi connectivity index (χ0v) is 17.1. The van der Waals surface area contributed by atoms with Crippen molar-refractivity contribution in [3.63, 3.8) is 0 Å². The lowest BCUT2D eigenvalue weighted by Gasteiger charge is -2.22. The molecule has 0 fully saturated rings. The molecule has 0 saturated carbocycles. The van der Waals surface area contributed by atoms with Gasteiger partial charge in [-0.2, -0.15) is 0 Å². The maximum Gasteiger partial charge on any atom is 0.258 e. The van der Waals surface area contributed by atoms with E-state index in [9.17, 15) is 13.2 Å². The Kier molecular flexibility index (Phi) is 7.56. The van der Waals surface area contributed by atoms with Crippen molar-refractivity contribution in [3.05, 3.63) is 59.7 Å². The van der Waals surface area contributed by atoms with Crippen molar-refractivity contribution < 1.29 is 13.2 Å². The third-order valence-corrected chi connectivity index (χ3v) is 5.80. The van der Waals surface area contributed by atoms with Crippen molar-refractivity contribution in [3.8, 4) is 0 Å². The number of benzene rings is 2. The van der Waals surface area contributed by atoms with Crippen LogP contribution in [0.2, 0.25) is 0 Å². The summed E-state index contributed by atoms with van der Waals surface area (Å²) in [6.45, 7) is 6.83. The molecule has 0 bridgehead atoms. The van der Waals surface area contributed by atoms with Crippen molar-refractivity contribution >= 4 is 21.6 Å². The number of unbranched alkanes of at least 4 members (excludes halogenated alkanes) is 2.